The molecule has 1 saturated heterocycles. The largest absolute Gasteiger partial charge is 0.368 e. The molecule has 1 aromatic rings. The van der Waals surface area contributed by atoms with E-state index in [4.69, 9.17) is 11.5 Å². The van der Waals surface area contributed by atoms with Crippen LogP contribution in [-0.2, 0) is 15.4 Å². The van der Waals surface area contributed by atoms with E-state index in [1.165, 1.54) is 4.68 Å². The van der Waals surface area contributed by atoms with E-state index in [1.807, 2.05) is 0 Å². The molecule has 1 unspecified atom stereocenters. The van der Waals surface area contributed by atoms with Gasteiger partial charge in [-0.2, -0.15) is 4.98 Å². The molecule has 0 spiro atoms. The predicted octanol–water partition coefficient (Wildman–Crippen LogP) is -1.02. The van der Waals surface area contributed by atoms with Crippen LogP contribution >= 0.6 is 0 Å². The molecular weight excluding hydrogens is 218 g/mol. The smallest absolute Gasteiger partial charge is 0.241 e. The SMILES string of the molecule is CC1(n2nc(N)nc2N)CCS(=O)(=O)C1. The number of nitrogen functional groups attached to an aromatic ring is 2. The molecule has 7 nitrogen and oxygen atoms in total. The summed E-state index contributed by atoms with van der Waals surface area (Å²) in [4.78, 5) is 3.76. The molecule has 0 amide bonds. The van der Waals surface area contributed by atoms with Gasteiger partial charge in [-0.1, -0.05) is 0 Å². The summed E-state index contributed by atoms with van der Waals surface area (Å²) in [5.74, 6) is 0.417. The Hall–Kier alpha value is -1.31. The number of nitrogens with two attached hydrogens (primary N) is 2. The second-order valence-corrected chi connectivity index (χ2v) is 6.26. The van der Waals surface area contributed by atoms with Crippen molar-refractivity contribution in [2.45, 2.75) is 18.9 Å². The van der Waals surface area contributed by atoms with Crippen LogP contribution in [0.4, 0.5) is 11.9 Å². The van der Waals surface area contributed by atoms with Gasteiger partial charge in [0.1, 0.15) is 0 Å². The molecule has 84 valence electrons. The lowest BCUT2D eigenvalue weighted by Crippen LogP contribution is -2.33. The summed E-state index contributed by atoms with van der Waals surface area (Å²) >= 11 is 0. The van der Waals surface area contributed by atoms with Crippen molar-refractivity contribution in [3.63, 3.8) is 0 Å². The maximum absolute atomic E-state index is 11.4. The van der Waals surface area contributed by atoms with Gasteiger partial charge >= 0.3 is 0 Å². The summed E-state index contributed by atoms with van der Waals surface area (Å²) in [5.41, 5.74) is 10.4. The summed E-state index contributed by atoms with van der Waals surface area (Å²) in [5, 5.41) is 3.92. The molecule has 0 bridgehead atoms. The maximum Gasteiger partial charge on any atom is 0.241 e. The molecule has 0 radical (unpaired) electrons. The first-order valence-electron chi connectivity index (χ1n) is 4.51. The lowest BCUT2D eigenvalue weighted by atomic mass is 10.0. The molecule has 2 rings (SSSR count). The minimum atomic E-state index is -2.99. The summed E-state index contributed by atoms with van der Waals surface area (Å²) in [6.45, 7) is 1.79. The first-order valence-corrected chi connectivity index (χ1v) is 6.33. The summed E-state index contributed by atoms with van der Waals surface area (Å²) in [7, 11) is -2.99. The third-order valence-electron chi connectivity index (χ3n) is 2.64. The Labute approximate surface area is 87.4 Å². The molecule has 15 heavy (non-hydrogen) atoms. The average molecular weight is 231 g/mol. The van der Waals surface area contributed by atoms with Crippen LogP contribution in [0.5, 0.6) is 0 Å². The zero-order chi connectivity index (χ0) is 11.3. The van der Waals surface area contributed by atoms with E-state index in [1.54, 1.807) is 6.92 Å². The van der Waals surface area contributed by atoms with E-state index in [0.717, 1.165) is 0 Å². The van der Waals surface area contributed by atoms with Gasteiger partial charge in [-0.15, -0.1) is 5.10 Å². The van der Waals surface area contributed by atoms with Crippen molar-refractivity contribution in [3.05, 3.63) is 0 Å². The fourth-order valence-corrected chi connectivity index (χ4v) is 4.01. The minimum Gasteiger partial charge on any atom is -0.368 e. The normalized spacial score (nSPS) is 29.4. The molecule has 1 aliphatic rings. The van der Waals surface area contributed by atoms with Gasteiger partial charge in [-0.05, 0) is 13.3 Å². The van der Waals surface area contributed by atoms with Crippen LogP contribution in [-0.4, -0.2) is 34.7 Å². The molecule has 1 aromatic heterocycles. The van der Waals surface area contributed by atoms with Crippen LogP contribution in [0.2, 0.25) is 0 Å². The molecule has 0 aliphatic carbocycles. The lowest BCUT2D eigenvalue weighted by molar-refractivity contribution is 0.334. The van der Waals surface area contributed by atoms with Crippen LogP contribution in [0.25, 0.3) is 0 Å². The van der Waals surface area contributed by atoms with E-state index in [2.05, 4.69) is 10.1 Å². The molecule has 1 aliphatic heterocycles. The quantitative estimate of drug-likeness (QED) is 0.638. The van der Waals surface area contributed by atoms with Crippen LogP contribution in [0.3, 0.4) is 0 Å². The van der Waals surface area contributed by atoms with Gasteiger partial charge in [0.25, 0.3) is 0 Å². The first-order chi connectivity index (χ1) is 6.82. The molecule has 0 aromatic carbocycles. The highest BCUT2D eigenvalue weighted by Crippen LogP contribution is 2.31. The Morgan fingerprint density at radius 3 is 2.53 bits per heavy atom. The van der Waals surface area contributed by atoms with Crippen LogP contribution in [0, 0.1) is 0 Å². The van der Waals surface area contributed by atoms with Gasteiger partial charge in [-0.3, -0.25) is 0 Å². The summed E-state index contributed by atoms with van der Waals surface area (Å²) < 4.78 is 24.2. The standard InChI is InChI=1S/C7H13N5O2S/c1-7(2-3-15(13,14)4-7)12-6(9)10-5(8)11-12/h2-4H2,1H3,(H4,8,9,10,11). The maximum atomic E-state index is 11.4. The molecule has 0 saturated carbocycles. The third kappa shape index (κ3) is 1.65. The molecule has 2 heterocycles. The number of hydrogen-bond donors (Lipinski definition) is 2. The van der Waals surface area contributed by atoms with Crippen molar-refractivity contribution in [1.82, 2.24) is 14.8 Å². The number of hydrogen-bond acceptors (Lipinski definition) is 6. The predicted molar refractivity (Wildman–Crippen MR) is 55.8 cm³/mol. The van der Waals surface area contributed by atoms with Gasteiger partial charge in [-0.25, -0.2) is 13.1 Å². The highest BCUT2D eigenvalue weighted by atomic mass is 32.2. The van der Waals surface area contributed by atoms with Crippen molar-refractivity contribution in [3.8, 4) is 0 Å². The Balaban J connectivity index is 2.44. The van der Waals surface area contributed by atoms with Gasteiger partial charge in [0, 0.05) is 0 Å². The monoisotopic (exact) mass is 231 g/mol. The van der Waals surface area contributed by atoms with Crippen molar-refractivity contribution in [2.24, 2.45) is 0 Å². The molecule has 4 N–H and O–H groups in total. The molecular formula is C7H13N5O2S. The van der Waals surface area contributed by atoms with Gasteiger partial charge in [0.15, 0.2) is 9.84 Å². The van der Waals surface area contributed by atoms with E-state index in [9.17, 15) is 8.42 Å². The zero-order valence-electron chi connectivity index (χ0n) is 8.34. The number of anilines is 2. The fraction of sp³-hybridized carbons (Fsp3) is 0.714. The summed E-state index contributed by atoms with van der Waals surface area (Å²) in [6, 6.07) is 0. The number of rotatable bonds is 1. The first kappa shape index (κ1) is 10.2. The average Bonchev–Trinajstić information content (AvgIpc) is 2.54. The molecule has 1 fully saturated rings. The Bertz CT molecular complexity index is 493. The van der Waals surface area contributed by atoms with Crippen molar-refractivity contribution < 1.29 is 8.42 Å². The Kier molecular flexibility index (Phi) is 1.94. The molecule has 8 heteroatoms. The van der Waals surface area contributed by atoms with E-state index in [-0.39, 0.29) is 23.4 Å². The van der Waals surface area contributed by atoms with Crippen LogP contribution in [0.15, 0.2) is 0 Å². The van der Waals surface area contributed by atoms with Crippen LogP contribution < -0.4 is 11.5 Å². The number of sulfone groups is 1. The highest BCUT2D eigenvalue weighted by molar-refractivity contribution is 7.91. The van der Waals surface area contributed by atoms with Crippen molar-refractivity contribution in [2.75, 3.05) is 23.0 Å². The van der Waals surface area contributed by atoms with Gasteiger partial charge in [0.2, 0.25) is 11.9 Å². The summed E-state index contributed by atoms with van der Waals surface area (Å²) in [6.07, 6.45) is 0.488. The molecule has 1 atom stereocenters. The van der Waals surface area contributed by atoms with Gasteiger partial charge in [0.05, 0.1) is 17.0 Å². The lowest BCUT2D eigenvalue weighted by Gasteiger charge is -2.22. The van der Waals surface area contributed by atoms with Crippen molar-refractivity contribution >= 4 is 21.7 Å². The van der Waals surface area contributed by atoms with Crippen molar-refractivity contribution in [1.29, 1.82) is 0 Å². The third-order valence-corrected chi connectivity index (χ3v) is 4.53. The number of nitrogens with zero attached hydrogens (tertiary/aromatic N) is 3. The van der Waals surface area contributed by atoms with E-state index >= 15 is 0 Å². The van der Waals surface area contributed by atoms with E-state index < -0.39 is 15.4 Å². The minimum absolute atomic E-state index is 0.0347. The van der Waals surface area contributed by atoms with Crippen LogP contribution in [0.1, 0.15) is 13.3 Å². The zero-order valence-corrected chi connectivity index (χ0v) is 9.16. The Morgan fingerprint density at radius 2 is 2.13 bits per heavy atom. The Morgan fingerprint density at radius 1 is 1.47 bits per heavy atom. The highest BCUT2D eigenvalue weighted by Gasteiger charge is 2.42. The second kappa shape index (κ2) is 2.84. The van der Waals surface area contributed by atoms with E-state index in [0.29, 0.717) is 6.42 Å². The van der Waals surface area contributed by atoms with Gasteiger partial charge < -0.3 is 11.5 Å². The fourth-order valence-electron chi connectivity index (χ4n) is 1.90. The number of aromatic nitrogens is 3. The topological polar surface area (TPSA) is 117 Å². The second-order valence-electron chi connectivity index (χ2n) is 4.08.